The number of benzene rings is 2. The molecule has 0 bridgehead atoms. The van der Waals surface area contributed by atoms with Gasteiger partial charge in [0.25, 0.3) is 0 Å². The highest BCUT2D eigenvalue weighted by atomic mass is 19.1. The number of rotatable bonds is 7. The maximum atomic E-state index is 14.7. The van der Waals surface area contributed by atoms with E-state index in [1.165, 1.54) is 30.7 Å². The van der Waals surface area contributed by atoms with Gasteiger partial charge in [0, 0.05) is 44.9 Å². The number of esters is 1. The van der Waals surface area contributed by atoms with Gasteiger partial charge in [-0.1, -0.05) is 24.6 Å². The summed E-state index contributed by atoms with van der Waals surface area (Å²) >= 11 is 0. The van der Waals surface area contributed by atoms with Crippen molar-refractivity contribution >= 4 is 47.2 Å². The van der Waals surface area contributed by atoms with Gasteiger partial charge in [0.05, 0.1) is 0 Å². The first-order valence-corrected chi connectivity index (χ1v) is 19.4. The zero-order valence-corrected chi connectivity index (χ0v) is 33.3. The molecule has 0 spiro atoms. The Labute approximate surface area is 335 Å². The number of carbonyl (C=O) groups is 7. The van der Waals surface area contributed by atoms with E-state index in [0.29, 0.717) is 24.6 Å². The number of hydrogen-bond acceptors (Lipinski definition) is 9. The first kappa shape index (κ1) is 43.5. The highest BCUT2D eigenvalue weighted by Crippen LogP contribution is 2.27. The lowest BCUT2D eigenvalue weighted by atomic mass is 9.97. The first-order valence-electron chi connectivity index (χ1n) is 19.4. The average molecular weight is 811 g/mol. The number of hydrogen-bond donors (Lipinski definition) is 5. The van der Waals surface area contributed by atoms with Crippen LogP contribution in [0.3, 0.4) is 0 Å². The monoisotopic (exact) mass is 810 g/mol. The van der Waals surface area contributed by atoms with Gasteiger partial charge in [-0.3, -0.25) is 24.0 Å². The molecule has 0 aliphatic carbocycles. The van der Waals surface area contributed by atoms with Crippen molar-refractivity contribution in [3.05, 3.63) is 65.2 Å². The van der Waals surface area contributed by atoms with Crippen molar-refractivity contribution in [2.75, 3.05) is 32.0 Å². The zero-order chi connectivity index (χ0) is 42.4. The molecule has 58 heavy (non-hydrogen) atoms. The molecule has 3 aliphatic heterocycles. The summed E-state index contributed by atoms with van der Waals surface area (Å²) in [6.45, 7) is 6.46. The Morgan fingerprint density at radius 3 is 2.26 bits per heavy atom. The van der Waals surface area contributed by atoms with Crippen LogP contribution in [-0.2, 0) is 39.9 Å². The van der Waals surface area contributed by atoms with E-state index < -0.39 is 102 Å². The van der Waals surface area contributed by atoms with Crippen LogP contribution in [0.25, 0.3) is 0 Å². The number of amides is 7. The van der Waals surface area contributed by atoms with Crippen molar-refractivity contribution in [2.24, 2.45) is 11.7 Å². The van der Waals surface area contributed by atoms with Crippen LogP contribution < -0.4 is 27.0 Å². The first-order chi connectivity index (χ1) is 27.5. The predicted molar refractivity (Wildman–Crippen MR) is 207 cm³/mol. The summed E-state index contributed by atoms with van der Waals surface area (Å²) in [6.07, 6.45) is -0.389. The number of aryl methyl sites for hydroxylation is 1. The normalized spacial score (nSPS) is 26.6. The number of anilines is 1. The molecule has 7 amide bonds. The molecule has 314 valence electrons. The zero-order valence-electron chi connectivity index (χ0n) is 33.3. The van der Waals surface area contributed by atoms with E-state index >= 15 is 0 Å². The summed E-state index contributed by atoms with van der Waals surface area (Å²) in [7, 11) is 1.38. The number of fused-ring (bicyclic) bond motifs is 2. The van der Waals surface area contributed by atoms with Gasteiger partial charge >= 0.3 is 12.0 Å². The van der Waals surface area contributed by atoms with Crippen LogP contribution in [0.15, 0.2) is 42.5 Å². The molecule has 16 nitrogen and oxygen atoms in total. The number of cyclic esters (lactones) is 1. The number of urea groups is 1. The molecule has 6 N–H and O–H groups in total. The molecular formula is C40H52F2N8O8. The molecule has 0 aromatic heterocycles. The summed E-state index contributed by atoms with van der Waals surface area (Å²) in [4.78, 5) is 101. The van der Waals surface area contributed by atoms with Gasteiger partial charge in [0.1, 0.15) is 54.0 Å². The topological polar surface area (TPSA) is 213 Å². The third-order valence-corrected chi connectivity index (χ3v) is 10.8. The standard InChI is InChI=1S/C40H52F2N8O8/c1-21-9-11-28(12-10-21)45-40(57)46-29(17-25-15-26(41)18-27(42)16-25)34(51)47-33-24(4)58-39(56)31-14-22(2)20-50(31)36(53)23(3)44-35(52)32(19-43)48(5)37(54)30-8-6-7-13-49(30)38(33)55/h9-12,15-16,18,22-24,29-33H,6-8,13-14,17,19-20,43H2,1-5H3,(H,44,52)(H,47,51)(H2,45,46,57)/t22-,23+,24+,29+,30+,31+,32+,33+/m1/s1. The van der Waals surface area contributed by atoms with E-state index in [9.17, 15) is 42.3 Å². The van der Waals surface area contributed by atoms with Crippen molar-refractivity contribution in [1.82, 2.24) is 30.7 Å². The molecule has 2 aromatic carbocycles. The van der Waals surface area contributed by atoms with Gasteiger partial charge in [-0.2, -0.15) is 0 Å². The van der Waals surface area contributed by atoms with E-state index in [0.717, 1.165) is 22.6 Å². The minimum Gasteiger partial charge on any atom is -0.458 e. The number of nitrogens with zero attached hydrogens (tertiary/aromatic N) is 3. The van der Waals surface area contributed by atoms with Gasteiger partial charge < -0.3 is 46.4 Å². The second-order valence-corrected chi connectivity index (χ2v) is 15.4. The smallest absolute Gasteiger partial charge is 0.329 e. The number of likely N-dealkylation sites (N-methyl/N-ethyl adjacent to an activating group) is 1. The van der Waals surface area contributed by atoms with Crippen LogP contribution in [-0.4, -0.2) is 125 Å². The molecule has 3 saturated heterocycles. The van der Waals surface area contributed by atoms with Crippen molar-refractivity contribution in [3.8, 4) is 0 Å². The van der Waals surface area contributed by atoms with Gasteiger partial charge in [0.15, 0.2) is 0 Å². The minimum absolute atomic E-state index is 0.00893. The second-order valence-electron chi connectivity index (χ2n) is 15.4. The molecule has 3 heterocycles. The van der Waals surface area contributed by atoms with Crippen LogP contribution in [0, 0.1) is 24.5 Å². The van der Waals surface area contributed by atoms with E-state index in [-0.39, 0.29) is 44.0 Å². The van der Waals surface area contributed by atoms with E-state index in [1.54, 1.807) is 24.3 Å². The number of ether oxygens (including phenoxy) is 1. The van der Waals surface area contributed by atoms with Crippen LogP contribution in [0.5, 0.6) is 0 Å². The predicted octanol–water partition coefficient (Wildman–Crippen LogP) is 1.34. The van der Waals surface area contributed by atoms with Gasteiger partial charge in [0.2, 0.25) is 29.5 Å². The lowest BCUT2D eigenvalue weighted by molar-refractivity contribution is -0.163. The Balaban J connectivity index is 1.52. The second kappa shape index (κ2) is 18.7. The fourth-order valence-corrected chi connectivity index (χ4v) is 7.69. The summed E-state index contributed by atoms with van der Waals surface area (Å²) in [6, 6.07) is 0.854. The molecule has 0 saturated carbocycles. The maximum absolute atomic E-state index is 14.7. The van der Waals surface area contributed by atoms with E-state index in [4.69, 9.17) is 10.5 Å². The number of halogens is 2. The molecule has 0 unspecified atom stereocenters. The van der Waals surface area contributed by atoms with Crippen molar-refractivity contribution < 1.29 is 47.1 Å². The lowest BCUT2D eigenvalue weighted by Crippen LogP contribution is -2.64. The summed E-state index contributed by atoms with van der Waals surface area (Å²) in [5.74, 6) is -6.52. The Kier molecular flexibility index (Phi) is 14.0. The van der Waals surface area contributed by atoms with Gasteiger partial charge in [-0.15, -0.1) is 0 Å². The molecular weight excluding hydrogens is 758 g/mol. The van der Waals surface area contributed by atoms with Crippen molar-refractivity contribution in [1.29, 1.82) is 0 Å². The Bertz CT molecular complexity index is 1880. The molecule has 2 aromatic rings. The Morgan fingerprint density at radius 2 is 1.60 bits per heavy atom. The number of nitrogens with two attached hydrogens (primary N) is 1. The van der Waals surface area contributed by atoms with Crippen LogP contribution in [0.2, 0.25) is 0 Å². The van der Waals surface area contributed by atoms with Crippen molar-refractivity contribution in [2.45, 2.75) is 102 Å². The fourth-order valence-electron chi connectivity index (χ4n) is 7.69. The number of carbonyl (C=O) groups excluding carboxylic acids is 7. The Hall–Kier alpha value is -5.65. The largest absolute Gasteiger partial charge is 0.458 e. The molecule has 18 heteroatoms. The van der Waals surface area contributed by atoms with Crippen LogP contribution in [0.4, 0.5) is 19.3 Å². The molecule has 8 atom stereocenters. The number of piperidine rings is 1. The van der Waals surface area contributed by atoms with Crippen LogP contribution >= 0.6 is 0 Å². The van der Waals surface area contributed by atoms with Crippen molar-refractivity contribution in [3.63, 3.8) is 0 Å². The average Bonchev–Trinajstić information content (AvgIpc) is 3.57. The molecule has 3 fully saturated rings. The summed E-state index contributed by atoms with van der Waals surface area (Å²) in [5.41, 5.74) is 7.31. The number of nitrogens with one attached hydrogen (secondary N) is 4. The molecule has 0 radical (unpaired) electrons. The summed E-state index contributed by atoms with van der Waals surface area (Å²) in [5, 5.41) is 10.4. The van der Waals surface area contributed by atoms with E-state index in [2.05, 4.69) is 21.3 Å². The Morgan fingerprint density at radius 1 is 0.931 bits per heavy atom. The molecule has 3 aliphatic rings. The highest BCUT2D eigenvalue weighted by Gasteiger charge is 2.46. The van der Waals surface area contributed by atoms with Crippen LogP contribution in [0.1, 0.15) is 57.6 Å². The fraction of sp³-hybridized carbons (Fsp3) is 0.525. The quantitative estimate of drug-likeness (QED) is 0.255. The summed E-state index contributed by atoms with van der Waals surface area (Å²) < 4.78 is 34.5. The van der Waals surface area contributed by atoms with Gasteiger partial charge in [-0.05, 0) is 82.2 Å². The maximum Gasteiger partial charge on any atom is 0.329 e. The third-order valence-electron chi connectivity index (χ3n) is 10.8. The van der Waals surface area contributed by atoms with Gasteiger partial charge in [-0.25, -0.2) is 18.4 Å². The molecule has 5 rings (SSSR count). The minimum atomic E-state index is -1.66. The highest BCUT2D eigenvalue weighted by molar-refractivity contribution is 5.98. The SMILES string of the molecule is Cc1ccc(NC(=O)N[C@@H](Cc2cc(F)cc(F)c2)C(=O)N[C@@H]2C(=O)N3CCCC[C@H]3C(=O)N(C)[C@@H](CN)C(=O)N[C@@H](C)C(=O)N3C[C@H](C)C[C@H]3C(=O)O[C@H]2C)cc1. The third kappa shape index (κ3) is 10.3. The van der Waals surface area contributed by atoms with E-state index in [1.807, 2.05) is 13.8 Å². The lowest BCUT2D eigenvalue weighted by Gasteiger charge is -2.41.